The van der Waals surface area contributed by atoms with Gasteiger partial charge in [-0.15, -0.1) is 0 Å². The zero-order valence-electron chi connectivity index (χ0n) is 11.7. The Bertz CT molecular complexity index is 322. The lowest BCUT2D eigenvalue weighted by atomic mass is 10.1. The molecule has 2 N–H and O–H groups in total. The van der Waals surface area contributed by atoms with E-state index in [2.05, 4.69) is 20.8 Å². The molecule has 0 saturated heterocycles. The van der Waals surface area contributed by atoms with Crippen LogP contribution in [0.25, 0.3) is 0 Å². The summed E-state index contributed by atoms with van der Waals surface area (Å²) < 4.78 is 11.0. The molecule has 0 aromatic heterocycles. The van der Waals surface area contributed by atoms with Crippen molar-refractivity contribution in [3.63, 3.8) is 0 Å². The van der Waals surface area contributed by atoms with Gasteiger partial charge in [0.15, 0.2) is 0 Å². The summed E-state index contributed by atoms with van der Waals surface area (Å²) in [6.45, 7) is 8.36. The Kier molecular flexibility index (Phi) is 6.76. The lowest BCUT2D eigenvalue weighted by Gasteiger charge is -2.11. The van der Waals surface area contributed by atoms with Crippen LogP contribution in [0.15, 0.2) is 24.3 Å². The normalized spacial score (nSPS) is 12.7. The van der Waals surface area contributed by atoms with Gasteiger partial charge in [0.25, 0.3) is 0 Å². The van der Waals surface area contributed by atoms with Gasteiger partial charge in [0, 0.05) is 12.6 Å². The minimum absolute atomic E-state index is 0.119. The molecule has 0 bridgehead atoms. The van der Waals surface area contributed by atoms with Crippen molar-refractivity contribution in [3.8, 4) is 5.75 Å². The summed E-state index contributed by atoms with van der Waals surface area (Å²) in [6.07, 6.45) is 0.948. The number of hydrogen-bond acceptors (Lipinski definition) is 3. The van der Waals surface area contributed by atoms with Gasteiger partial charge in [0.1, 0.15) is 12.4 Å². The van der Waals surface area contributed by atoms with Crippen LogP contribution in [-0.4, -0.2) is 19.8 Å². The smallest absolute Gasteiger partial charge is 0.119 e. The molecule has 0 amide bonds. The van der Waals surface area contributed by atoms with Crippen molar-refractivity contribution in [2.75, 3.05) is 19.8 Å². The summed E-state index contributed by atoms with van der Waals surface area (Å²) in [5.41, 5.74) is 7.11. The average Bonchev–Trinajstić information content (AvgIpc) is 2.38. The van der Waals surface area contributed by atoms with Crippen LogP contribution in [0, 0.1) is 5.92 Å². The van der Waals surface area contributed by atoms with Crippen molar-refractivity contribution >= 4 is 0 Å². The standard InChI is InChI=1S/C15H25NO2/c1-4-15(16)13-5-7-14(8-6-13)18-10-9-17-11-12(2)3/h5-8,12,15H,4,9-11,16H2,1-3H3/t15-/m0/s1. The van der Waals surface area contributed by atoms with Crippen LogP contribution in [0.4, 0.5) is 0 Å². The molecule has 0 heterocycles. The van der Waals surface area contributed by atoms with Crippen LogP contribution < -0.4 is 10.5 Å². The molecule has 3 nitrogen and oxygen atoms in total. The molecule has 0 radical (unpaired) electrons. The van der Waals surface area contributed by atoms with Crippen molar-refractivity contribution in [3.05, 3.63) is 29.8 Å². The third kappa shape index (κ3) is 5.52. The summed E-state index contributed by atoms with van der Waals surface area (Å²) in [7, 11) is 0. The van der Waals surface area contributed by atoms with E-state index in [0.29, 0.717) is 19.1 Å². The molecule has 0 aliphatic heterocycles. The predicted octanol–water partition coefficient (Wildman–Crippen LogP) is 3.15. The van der Waals surface area contributed by atoms with Crippen LogP contribution in [0.3, 0.4) is 0 Å². The molecule has 1 atom stereocenters. The zero-order chi connectivity index (χ0) is 13.4. The highest BCUT2D eigenvalue weighted by atomic mass is 16.5. The first kappa shape index (κ1) is 15.0. The van der Waals surface area contributed by atoms with E-state index in [1.54, 1.807) is 0 Å². The first-order valence-corrected chi connectivity index (χ1v) is 6.69. The maximum atomic E-state index is 5.95. The number of hydrogen-bond donors (Lipinski definition) is 1. The van der Waals surface area contributed by atoms with E-state index < -0.39 is 0 Å². The van der Waals surface area contributed by atoms with Gasteiger partial charge in [0.2, 0.25) is 0 Å². The van der Waals surface area contributed by atoms with Crippen molar-refractivity contribution in [2.45, 2.75) is 33.2 Å². The molecule has 0 fully saturated rings. The molecule has 3 heteroatoms. The van der Waals surface area contributed by atoms with Gasteiger partial charge in [-0.3, -0.25) is 0 Å². The first-order valence-electron chi connectivity index (χ1n) is 6.69. The number of rotatable bonds is 8. The van der Waals surface area contributed by atoms with Gasteiger partial charge < -0.3 is 15.2 Å². The number of nitrogens with two attached hydrogens (primary N) is 1. The molecule has 102 valence electrons. The Labute approximate surface area is 110 Å². The van der Waals surface area contributed by atoms with Crippen LogP contribution in [-0.2, 0) is 4.74 Å². The monoisotopic (exact) mass is 251 g/mol. The highest BCUT2D eigenvalue weighted by molar-refractivity contribution is 5.28. The lowest BCUT2D eigenvalue weighted by molar-refractivity contribution is 0.0819. The van der Waals surface area contributed by atoms with E-state index in [0.717, 1.165) is 24.3 Å². The highest BCUT2D eigenvalue weighted by Gasteiger charge is 2.03. The molecule has 0 unspecified atom stereocenters. The third-order valence-corrected chi connectivity index (χ3v) is 2.70. The molecule has 0 saturated carbocycles. The van der Waals surface area contributed by atoms with Gasteiger partial charge in [-0.25, -0.2) is 0 Å². The highest BCUT2D eigenvalue weighted by Crippen LogP contribution is 2.18. The number of benzene rings is 1. The van der Waals surface area contributed by atoms with Crippen molar-refractivity contribution < 1.29 is 9.47 Å². The van der Waals surface area contributed by atoms with E-state index in [1.165, 1.54) is 0 Å². The lowest BCUT2D eigenvalue weighted by Crippen LogP contribution is -2.10. The Morgan fingerprint density at radius 2 is 1.78 bits per heavy atom. The Hall–Kier alpha value is -1.06. The van der Waals surface area contributed by atoms with E-state index in [-0.39, 0.29) is 6.04 Å². The van der Waals surface area contributed by atoms with Crippen LogP contribution in [0.1, 0.15) is 38.8 Å². The number of ether oxygens (including phenoxy) is 2. The van der Waals surface area contributed by atoms with Gasteiger partial charge >= 0.3 is 0 Å². The first-order chi connectivity index (χ1) is 8.63. The molecule has 18 heavy (non-hydrogen) atoms. The Morgan fingerprint density at radius 3 is 2.33 bits per heavy atom. The van der Waals surface area contributed by atoms with Crippen LogP contribution >= 0.6 is 0 Å². The van der Waals surface area contributed by atoms with Crippen molar-refractivity contribution in [1.29, 1.82) is 0 Å². The average molecular weight is 251 g/mol. The minimum atomic E-state index is 0.119. The van der Waals surface area contributed by atoms with Crippen molar-refractivity contribution in [2.24, 2.45) is 11.7 Å². The summed E-state index contributed by atoms with van der Waals surface area (Å²) in [5.74, 6) is 1.44. The summed E-state index contributed by atoms with van der Waals surface area (Å²) in [4.78, 5) is 0. The molecule has 1 rings (SSSR count). The summed E-state index contributed by atoms with van der Waals surface area (Å²) in [6, 6.07) is 8.10. The fourth-order valence-electron chi connectivity index (χ4n) is 1.58. The topological polar surface area (TPSA) is 44.5 Å². The fraction of sp³-hybridized carbons (Fsp3) is 0.600. The fourth-order valence-corrected chi connectivity index (χ4v) is 1.58. The molecule has 0 aliphatic rings. The van der Waals surface area contributed by atoms with Crippen LogP contribution in [0.5, 0.6) is 5.75 Å². The molecule has 1 aromatic carbocycles. The van der Waals surface area contributed by atoms with Crippen molar-refractivity contribution in [1.82, 2.24) is 0 Å². The predicted molar refractivity (Wildman–Crippen MR) is 74.8 cm³/mol. The minimum Gasteiger partial charge on any atom is -0.491 e. The Morgan fingerprint density at radius 1 is 1.11 bits per heavy atom. The second-order valence-corrected chi connectivity index (χ2v) is 4.90. The van der Waals surface area contributed by atoms with Gasteiger partial charge in [-0.05, 0) is 30.0 Å². The molecule has 0 spiro atoms. The van der Waals surface area contributed by atoms with E-state index in [4.69, 9.17) is 15.2 Å². The van der Waals surface area contributed by atoms with E-state index in [1.807, 2.05) is 24.3 Å². The van der Waals surface area contributed by atoms with Gasteiger partial charge in [-0.2, -0.15) is 0 Å². The van der Waals surface area contributed by atoms with E-state index >= 15 is 0 Å². The maximum Gasteiger partial charge on any atom is 0.119 e. The quantitative estimate of drug-likeness (QED) is 0.722. The van der Waals surface area contributed by atoms with Crippen LogP contribution in [0.2, 0.25) is 0 Å². The van der Waals surface area contributed by atoms with E-state index in [9.17, 15) is 0 Å². The summed E-state index contributed by atoms with van der Waals surface area (Å²) >= 11 is 0. The third-order valence-electron chi connectivity index (χ3n) is 2.70. The summed E-state index contributed by atoms with van der Waals surface area (Å²) in [5, 5.41) is 0. The largest absolute Gasteiger partial charge is 0.491 e. The molecule has 1 aromatic rings. The zero-order valence-corrected chi connectivity index (χ0v) is 11.7. The molecular formula is C15H25NO2. The second kappa shape index (κ2) is 8.11. The maximum absolute atomic E-state index is 5.95. The second-order valence-electron chi connectivity index (χ2n) is 4.90. The Balaban J connectivity index is 2.27. The molecular weight excluding hydrogens is 226 g/mol. The van der Waals surface area contributed by atoms with Gasteiger partial charge in [-0.1, -0.05) is 32.9 Å². The van der Waals surface area contributed by atoms with Gasteiger partial charge in [0.05, 0.1) is 6.61 Å². The molecule has 0 aliphatic carbocycles. The SMILES string of the molecule is CC[C@H](N)c1ccc(OCCOCC(C)C)cc1.